The molecule has 0 aromatic carbocycles. The first-order chi connectivity index (χ1) is 11.7. The number of hydrogen-bond acceptors (Lipinski definition) is 2. The summed E-state index contributed by atoms with van der Waals surface area (Å²) < 4.78 is 0. The number of unbranched alkanes of at least 4 members (excludes halogenated alkanes) is 5. The number of carboxylic acid groups (broad SMARTS) is 1. The molecule has 136 valence electrons. The van der Waals surface area contributed by atoms with Crippen molar-refractivity contribution in [3.05, 3.63) is 36.5 Å². The van der Waals surface area contributed by atoms with Crippen LogP contribution in [0.25, 0.3) is 0 Å². The van der Waals surface area contributed by atoms with Crippen molar-refractivity contribution in [2.24, 2.45) is 0 Å². The molecule has 0 atom stereocenters. The molecule has 24 heavy (non-hydrogen) atoms. The fraction of sp³-hybridized carbons (Fsp3) is 0.600. The normalized spacial score (nSPS) is 11.7. The summed E-state index contributed by atoms with van der Waals surface area (Å²) in [5.74, 6) is -1.17. The highest BCUT2D eigenvalue weighted by Crippen LogP contribution is 2.07. The third-order valence-corrected chi connectivity index (χ3v) is 3.49. The van der Waals surface area contributed by atoms with Crippen LogP contribution in [0.3, 0.4) is 0 Å². The molecule has 0 radical (unpaired) electrons. The van der Waals surface area contributed by atoms with Gasteiger partial charge in [0, 0.05) is 6.42 Å². The van der Waals surface area contributed by atoms with Crippen molar-refractivity contribution < 1.29 is 14.7 Å². The van der Waals surface area contributed by atoms with Gasteiger partial charge in [-0.2, -0.15) is 0 Å². The molecule has 0 saturated heterocycles. The van der Waals surface area contributed by atoms with Gasteiger partial charge in [0.25, 0.3) is 0 Å². The van der Waals surface area contributed by atoms with E-state index in [9.17, 15) is 9.59 Å². The van der Waals surface area contributed by atoms with Gasteiger partial charge in [-0.05, 0) is 38.5 Å². The summed E-state index contributed by atoms with van der Waals surface area (Å²) >= 11 is 0. The molecule has 0 aliphatic rings. The van der Waals surface area contributed by atoms with E-state index in [-0.39, 0.29) is 12.5 Å². The van der Waals surface area contributed by atoms with Crippen LogP contribution in [0.4, 0.5) is 0 Å². The van der Waals surface area contributed by atoms with Gasteiger partial charge in [-0.25, -0.2) is 0 Å². The number of allylic oxidation sites excluding steroid dienone is 6. The first-order valence-electron chi connectivity index (χ1n) is 9.10. The Morgan fingerprint density at radius 2 is 1.42 bits per heavy atom. The summed E-state index contributed by atoms with van der Waals surface area (Å²) in [6, 6.07) is 0. The van der Waals surface area contributed by atoms with Crippen molar-refractivity contribution >= 4 is 11.9 Å². The Morgan fingerprint density at radius 3 is 2.08 bits per heavy atom. The Labute approximate surface area is 146 Å². The van der Waals surface area contributed by atoms with Gasteiger partial charge in [-0.3, -0.25) is 9.59 Å². The fourth-order valence-electron chi connectivity index (χ4n) is 2.17. The smallest absolute Gasteiger partial charge is 0.322 e. The van der Waals surface area contributed by atoms with E-state index in [2.05, 4.69) is 48.7 Å². The zero-order valence-electron chi connectivity index (χ0n) is 15.0. The monoisotopic (exact) mass is 335 g/mol. The van der Waals surface area contributed by atoms with Crippen LogP contribution >= 0.6 is 0 Å². The molecule has 0 aliphatic heterocycles. The Bertz CT molecular complexity index is 411. The minimum Gasteiger partial charge on any atom is -0.480 e. The molecular formula is C20H33NO3. The molecular weight excluding hydrogens is 302 g/mol. The molecule has 0 aliphatic carbocycles. The number of rotatable bonds is 15. The van der Waals surface area contributed by atoms with Crippen LogP contribution in [0.5, 0.6) is 0 Å². The Morgan fingerprint density at radius 1 is 0.833 bits per heavy atom. The third-order valence-electron chi connectivity index (χ3n) is 3.49. The number of amides is 1. The fourth-order valence-corrected chi connectivity index (χ4v) is 2.17. The average molecular weight is 335 g/mol. The summed E-state index contributed by atoms with van der Waals surface area (Å²) in [5.41, 5.74) is 0. The van der Waals surface area contributed by atoms with Gasteiger partial charge in [-0.15, -0.1) is 0 Å². The zero-order valence-corrected chi connectivity index (χ0v) is 15.0. The lowest BCUT2D eigenvalue weighted by Crippen LogP contribution is -2.28. The molecule has 0 aromatic heterocycles. The van der Waals surface area contributed by atoms with E-state index in [1.807, 2.05) is 0 Å². The lowest BCUT2D eigenvalue weighted by Gasteiger charge is -2.02. The van der Waals surface area contributed by atoms with Crippen LogP contribution in [0.1, 0.15) is 71.1 Å². The highest BCUT2D eigenvalue weighted by atomic mass is 16.4. The van der Waals surface area contributed by atoms with Gasteiger partial charge in [0.05, 0.1) is 0 Å². The summed E-state index contributed by atoms with van der Waals surface area (Å²) in [5, 5.41) is 10.8. The minimum atomic E-state index is -1.000. The first kappa shape index (κ1) is 22.2. The maximum Gasteiger partial charge on any atom is 0.322 e. The average Bonchev–Trinajstić information content (AvgIpc) is 2.56. The number of carbonyl (C=O) groups excluding carboxylic acids is 1. The second kappa shape index (κ2) is 17.5. The van der Waals surface area contributed by atoms with Gasteiger partial charge in [-0.1, -0.05) is 62.6 Å². The molecule has 0 unspecified atom stereocenters. The summed E-state index contributed by atoms with van der Waals surface area (Å²) in [4.78, 5) is 21.6. The molecule has 0 rings (SSSR count). The number of aliphatic carboxylic acids is 1. The lowest BCUT2D eigenvalue weighted by atomic mass is 10.1. The predicted octanol–water partition coefficient (Wildman–Crippen LogP) is 4.78. The van der Waals surface area contributed by atoms with Crippen molar-refractivity contribution in [3.8, 4) is 0 Å². The SMILES string of the molecule is CC/C=C\C/C=C\C/C=C\CCCCCCCC(=O)NCC(=O)O. The van der Waals surface area contributed by atoms with Crippen LogP contribution < -0.4 is 5.32 Å². The van der Waals surface area contributed by atoms with Crippen LogP contribution in [-0.2, 0) is 9.59 Å². The van der Waals surface area contributed by atoms with E-state index in [0.717, 1.165) is 44.9 Å². The minimum absolute atomic E-state index is 0.168. The number of carboxylic acids is 1. The molecule has 0 aromatic rings. The predicted molar refractivity (Wildman–Crippen MR) is 99.9 cm³/mol. The Kier molecular flexibility index (Phi) is 16.2. The van der Waals surface area contributed by atoms with E-state index in [1.165, 1.54) is 12.8 Å². The largest absolute Gasteiger partial charge is 0.480 e. The van der Waals surface area contributed by atoms with Gasteiger partial charge < -0.3 is 10.4 Å². The molecule has 0 bridgehead atoms. The van der Waals surface area contributed by atoms with Gasteiger partial charge in [0.15, 0.2) is 0 Å². The number of hydrogen-bond donors (Lipinski definition) is 2. The first-order valence-corrected chi connectivity index (χ1v) is 9.10. The number of carbonyl (C=O) groups is 2. The topological polar surface area (TPSA) is 66.4 Å². The molecule has 4 nitrogen and oxygen atoms in total. The van der Waals surface area contributed by atoms with Crippen molar-refractivity contribution in [3.63, 3.8) is 0 Å². The van der Waals surface area contributed by atoms with Gasteiger partial charge in [0.2, 0.25) is 5.91 Å². The van der Waals surface area contributed by atoms with Crippen molar-refractivity contribution in [1.82, 2.24) is 5.32 Å². The van der Waals surface area contributed by atoms with Crippen molar-refractivity contribution in [1.29, 1.82) is 0 Å². The summed E-state index contributed by atoms with van der Waals surface area (Å²) in [7, 11) is 0. The zero-order chi connectivity index (χ0) is 17.9. The number of nitrogens with one attached hydrogen (secondary N) is 1. The Hall–Kier alpha value is -1.84. The molecule has 1 amide bonds. The van der Waals surface area contributed by atoms with E-state index >= 15 is 0 Å². The second-order valence-corrected chi connectivity index (χ2v) is 5.77. The Balaban J connectivity index is 3.32. The molecule has 4 heteroatoms. The molecule has 0 saturated carbocycles. The summed E-state index contributed by atoms with van der Waals surface area (Å²) in [6.07, 6.45) is 23.2. The van der Waals surface area contributed by atoms with E-state index < -0.39 is 5.97 Å². The maximum atomic E-state index is 11.3. The molecule has 0 spiro atoms. The van der Waals surface area contributed by atoms with Crippen LogP contribution in [-0.4, -0.2) is 23.5 Å². The molecule has 2 N–H and O–H groups in total. The van der Waals surface area contributed by atoms with Crippen molar-refractivity contribution in [2.45, 2.75) is 71.1 Å². The third kappa shape index (κ3) is 18.2. The quantitative estimate of drug-likeness (QED) is 0.334. The van der Waals surface area contributed by atoms with Crippen molar-refractivity contribution in [2.75, 3.05) is 6.54 Å². The van der Waals surface area contributed by atoms with Gasteiger partial charge >= 0.3 is 5.97 Å². The van der Waals surface area contributed by atoms with Crippen LogP contribution in [0.15, 0.2) is 36.5 Å². The van der Waals surface area contributed by atoms with Crippen LogP contribution in [0.2, 0.25) is 0 Å². The van der Waals surface area contributed by atoms with E-state index in [4.69, 9.17) is 5.11 Å². The lowest BCUT2D eigenvalue weighted by molar-refractivity contribution is -0.137. The molecule has 0 heterocycles. The van der Waals surface area contributed by atoms with Crippen LogP contribution in [0, 0.1) is 0 Å². The highest BCUT2D eigenvalue weighted by Gasteiger charge is 2.02. The highest BCUT2D eigenvalue weighted by molar-refractivity contribution is 5.80. The molecule has 0 fully saturated rings. The second-order valence-electron chi connectivity index (χ2n) is 5.77. The van der Waals surface area contributed by atoms with E-state index in [0.29, 0.717) is 6.42 Å². The standard InChI is InChI=1S/C20H33NO3/c1-2-3-4-5-6-7-8-9-10-11-12-13-14-15-16-17-19(22)21-18-20(23)24/h3-4,6-7,9-10H,2,5,8,11-18H2,1H3,(H,21,22)(H,23,24)/b4-3-,7-6-,10-9-. The van der Waals surface area contributed by atoms with E-state index in [1.54, 1.807) is 0 Å². The maximum absolute atomic E-state index is 11.3. The van der Waals surface area contributed by atoms with Gasteiger partial charge in [0.1, 0.15) is 6.54 Å². The summed E-state index contributed by atoms with van der Waals surface area (Å²) in [6.45, 7) is 1.86.